The van der Waals surface area contributed by atoms with Gasteiger partial charge in [0, 0.05) is 18.0 Å². The lowest BCUT2D eigenvalue weighted by Gasteiger charge is -2.10. The first-order chi connectivity index (χ1) is 9.58. The van der Waals surface area contributed by atoms with Crippen molar-refractivity contribution in [2.45, 2.75) is 13.8 Å². The second-order valence-electron chi connectivity index (χ2n) is 4.34. The van der Waals surface area contributed by atoms with Gasteiger partial charge < -0.3 is 4.74 Å². The van der Waals surface area contributed by atoms with E-state index in [4.69, 9.17) is 10.00 Å². The van der Waals surface area contributed by atoms with Crippen LogP contribution in [-0.2, 0) is 0 Å². The van der Waals surface area contributed by atoms with Crippen LogP contribution in [0.2, 0.25) is 0 Å². The van der Waals surface area contributed by atoms with Gasteiger partial charge in [0.25, 0.3) is 0 Å². The minimum absolute atomic E-state index is 0.0311. The summed E-state index contributed by atoms with van der Waals surface area (Å²) < 4.78 is 5.27. The van der Waals surface area contributed by atoms with Crippen LogP contribution in [0, 0.1) is 25.2 Å². The monoisotopic (exact) mass is 267 g/mol. The van der Waals surface area contributed by atoms with Gasteiger partial charge in [-0.1, -0.05) is 0 Å². The highest BCUT2D eigenvalue weighted by Gasteiger charge is 2.18. The maximum absolute atomic E-state index is 12.4. The molecule has 0 saturated heterocycles. The van der Waals surface area contributed by atoms with Crippen molar-refractivity contribution in [1.82, 2.24) is 9.97 Å². The van der Waals surface area contributed by atoms with E-state index in [-0.39, 0.29) is 17.2 Å². The Balaban J connectivity index is 2.52. The molecule has 0 spiro atoms. The van der Waals surface area contributed by atoms with E-state index in [2.05, 4.69) is 9.97 Å². The van der Waals surface area contributed by atoms with E-state index < -0.39 is 0 Å². The fourth-order valence-corrected chi connectivity index (χ4v) is 2.13. The molecule has 0 unspecified atom stereocenters. The first kappa shape index (κ1) is 13.7. The number of benzene rings is 1. The number of nitriles is 1. The predicted octanol–water partition coefficient (Wildman–Crippen LogP) is 2.20. The molecule has 0 aliphatic rings. The molecule has 2 aromatic rings. The summed E-state index contributed by atoms with van der Waals surface area (Å²) >= 11 is 0. The van der Waals surface area contributed by atoms with Gasteiger partial charge in [0.05, 0.1) is 7.11 Å². The summed E-state index contributed by atoms with van der Waals surface area (Å²) in [4.78, 5) is 20.3. The first-order valence-corrected chi connectivity index (χ1v) is 5.99. The third-order valence-electron chi connectivity index (χ3n) is 2.95. The number of hydrogen-bond acceptors (Lipinski definition) is 5. The molecule has 1 aromatic carbocycles. The van der Waals surface area contributed by atoms with Crippen LogP contribution < -0.4 is 4.74 Å². The molecule has 1 heterocycles. The van der Waals surface area contributed by atoms with Crippen LogP contribution in [0.1, 0.15) is 32.9 Å². The summed E-state index contributed by atoms with van der Waals surface area (Å²) in [5, 5.41) is 8.98. The Bertz CT molecular complexity index is 694. The molecule has 0 bridgehead atoms. The number of carbonyl (C=O) groups is 1. The molecule has 0 amide bonds. The van der Waals surface area contributed by atoms with Gasteiger partial charge in [-0.05, 0) is 37.1 Å². The number of methoxy groups -OCH3 is 1. The summed E-state index contributed by atoms with van der Waals surface area (Å²) in [5.41, 5.74) is 2.29. The van der Waals surface area contributed by atoms with E-state index in [0.29, 0.717) is 5.56 Å². The van der Waals surface area contributed by atoms with Gasteiger partial charge in [-0.3, -0.25) is 4.79 Å². The lowest BCUT2D eigenvalue weighted by atomic mass is 10.0. The second kappa shape index (κ2) is 5.49. The van der Waals surface area contributed by atoms with Crippen molar-refractivity contribution in [2.75, 3.05) is 7.11 Å². The van der Waals surface area contributed by atoms with Gasteiger partial charge in [-0.15, -0.1) is 0 Å². The van der Waals surface area contributed by atoms with Crippen LogP contribution in [-0.4, -0.2) is 22.9 Å². The van der Waals surface area contributed by atoms with Gasteiger partial charge in [-0.25, -0.2) is 9.97 Å². The van der Waals surface area contributed by atoms with Crippen LogP contribution in [0.4, 0.5) is 0 Å². The van der Waals surface area contributed by atoms with Crippen molar-refractivity contribution in [2.24, 2.45) is 0 Å². The molecule has 0 atom stereocenters. The van der Waals surface area contributed by atoms with Gasteiger partial charge >= 0.3 is 0 Å². The smallest absolute Gasteiger partial charge is 0.214 e. The topological polar surface area (TPSA) is 75.9 Å². The molecule has 0 aliphatic heterocycles. The first-order valence-electron chi connectivity index (χ1n) is 5.99. The lowest BCUT2D eigenvalue weighted by Crippen LogP contribution is -2.09. The van der Waals surface area contributed by atoms with Gasteiger partial charge in [0.1, 0.15) is 17.5 Å². The molecule has 5 nitrogen and oxygen atoms in total. The highest BCUT2D eigenvalue weighted by atomic mass is 16.5. The third-order valence-corrected chi connectivity index (χ3v) is 2.95. The Morgan fingerprint density at radius 2 is 1.80 bits per heavy atom. The number of ketones is 1. The SMILES string of the molecule is COc1c(C)cc(C(=O)c2nccnc2C#N)cc1C. The zero-order valence-electron chi connectivity index (χ0n) is 11.5. The summed E-state index contributed by atoms with van der Waals surface area (Å²) in [6.45, 7) is 3.73. The molecule has 0 radical (unpaired) electrons. The van der Waals surface area contributed by atoms with Crippen molar-refractivity contribution >= 4 is 5.78 Å². The molecule has 100 valence electrons. The fraction of sp³-hybridized carbons (Fsp3) is 0.200. The minimum atomic E-state index is -0.316. The van der Waals surface area contributed by atoms with E-state index in [0.717, 1.165) is 16.9 Å². The predicted molar refractivity (Wildman–Crippen MR) is 72.6 cm³/mol. The minimum Gasteiger partial charge on any atom is -0.496 e. The van der Waals surface area contributed by atoms with E-state index in [1.54, 1.807) is 19.2 Å². The van der Waals surface area contributed by atoms with Crippen LogP contribution in [0.25, 0.3) is 0 Å². The molecule has 0 aliphatic carbocycles. The largest absolute Gasteiger partial charge is 0.496 e. The Hall–Kier alpha value is -2.74. The van der Waals surface area contributed by atoms with E-state index in [1.165, 1.54) is 12.4 Å². The maximum atomic E-state index is 12.4. The highest BCUT2D eigenvalue weighted by Crippen LogP contribution is 2.25. The van der Waals surface area contributed by atoms with Crippen molar-refractivity contribution in [3.63, 3.8) is 0 Å². The molecule has 5 heteroatoms. The Labute approximate surface area is 116 Å². The summed E-state index contributed by atoms with van der Waals surface area (Å²) in [6, 6.07) is 5.33. The van der Waals surface area contributed by atoms with Gasteiger partial charge in [0.2, 0.25) is 5.78 Å². The zero-order chi connectivity index (χ0) is 14.7. The average molecular weight is 267 g/mol. The third kappa shape index (κ3) is 2.36. The number of rotatable bonds is 3. The summed E-state index contributed by atoms with van der Waals surface area (Å²) in [5.74, 6) is 0.435. The number of aryl methyl sites for hydroxylation is 2. The van der Waals surface area contributed by atoms with E-state index >= 15 is 0 Å². The van der Waals surface area contributed by atoms with Crippen LogP contribution in [0.3, 0.4) is 0 Å². The molecule has 20 heavy (non-hydrogen) atoms. The Morgan fingerprint density at radius 3 is 2.35 bits per heavy atom. The zero-order valence-corrected chi connectivity index (χ0v) is 11.5. The summed E-state index contributed by atoms with van der Waals surface area (Å²) in [7, 11) is 1.59. The normalized spacial score (nSPS) is 9.90. The number of aromatic nitrogens is 2. The van der Waals surface area contributed by atoms with Crippen LogP contribution in [0.15, 0.2) is 24.5 Å². The molecule has 0 saturated carbocycles. The average Bonchev–Trinajstić information content (AvgIpc) is 2.46. The summed E-state index contributed by atoms with van der Waals surface area (Å²) in [6.07, 6.45) is 2.79. The number of nitrogens with zero attached hydrogens (tertiary/aromatic N) is 3. The van der Waals surface area contributed by atoms with E-state index in [9.17, 15) is 4.79 Å². The van der Waals surface area contributed by atoms with Gasteiger partial charge in [0.15, 0.2) is 5.69 Å². The van der Waals surface area contributed by atoms with Crippen molar-refractivity contribution < 1.29 is 9.53 Å². The fourth-order valence-electron chi connectivity index (χ4n) is 2.13. The van der Waals surface area contributed by atoms with E-state index in [1.807, 2.05) is 19.9 Å². The molecular weight excluding hydrogens is 254 g/mol. The van der Waals surface area contributed by atoms with Crippen molar-refractivity contribution in [1.29, 1.82) is 5.26 Å². The highest BCUT2D eigenvalue weighted by molar-refractivity contribution is 6.09. The Kier molecular flexibility index (Phi) is 3.76. The Morgan fingerprint density at radius 1 is 1.20 bits per heavy atom. The number of ether oxygens (including phenoxy) is 1. The maximum Gasteiger partial charge on any atom is 0.214 e. The molecule has 0 fully saturated rings. The molecule has 2 rings (SSSR count). The molecule has 0 N–H and O–H groups in total. The molecule has 1 aromatic heterocycles. The second-order valence-corrected chi connectivity index (χ2v) is 4.34. The standard InChI is InChI=1S/C15H13N3O2/c1-9-6-11(7-10(2)15(9)20-3)14(19)13-12(8-16)17-4-5-18-13/h4-7H,1-3H3. The number of hydrogen-bond donors (Lipinski definition) is 0. The van der Waals surface area contributed by atoms with Crippen molar-refractivity contribution in [3.05, 3.63) is 52.6 Å². The van der Waals surface area contributed by atoms with Crippen molar-refractivity contribution in [3.8, 4) is 11.8 Å². The van der Waals surface area contributed by atoms with Gasteiger partial charge in [-0.2, -0.15) is 5.26 Å². The molecular formula is C15H13N3O2. The van der Waals surface area contributed by atoms with Crippen LogP contribution in [0.5, 0.6) is 5.75 Å². The number of carbonyl (C=O) groups excluding carboxylic acids is 1. The quantitative estimate of drug-likeness (QED) is 0.797. The van der Waals surface area contributed by atoms with Crippen LogP contribution >= 0.6 is 0 Å². The lowest BCUT2D eigenvalue weighted by molar-refractivity contribution is 0.103.